The quantitative estimate of drug-likeness (QED) is 0.689. The molecule has 1 aromatic carbocycles. The number of aryl methyl sites for hydroxylation is 1. The molecule has 132 valence electrons. The van der Waals surface area contributed by atoms with E-state index in [0.29, 0.717) is 16.6 Å². The molecule has 2 amide bonds. The van der Waals surface area contributed by atoms with Gasteiger partial charge in [0, 0.05) is 6.08 Å². The van der Waals surface area contributed by atoms with Crippen LogP contribution in [-0.4, -0.2) is 35.7 Å². The first-order chi connectivity index (χ1) is 12.0. The number of carbonyl (C=O) groups excluding carboxylic acids is 2. The first-order valence-electron chi connectivity index (χ1n) is 7.42. The summed E-state index contributed by atoms with van der Waals surface area (Å²) in [4.78, 5) is 22.7. The van der Waals surface area contributed by atoms with Gasteiger partial charge in [0.1, 0.15) is 5.01 Å². The number of carbonyl (C=O) groups is 2. The minimum Gasteiger partial charge on any atom is -0.493 e. The molecule has 0 aliphatic rings. The number of nitrogens with one attached hydrogen (secondary N) is 1. The number of aromatic nitrogens is 2. The van der Waals surface area contributed by atoms with Crippen LogP contribution in [0.5, 0.6) is 11.5 Å². The Balaban J connectivity index is 2.01. The van der Waals surface area contributed by atoms with Gasteiger partial charge in [-0.1, -0.05) is 24.3 Å². The predicted octanol–water partition coefficient (Wildman–Crippen LogP) is 1.63. The molecule has 0 unspecified atom stereocenters. The Hall–Kier alpha value is -2.94. The monoisotopic (exact) mass is 362 g/mol. The highest BCUT2D eigenvalue weighted by atomic mass is 32.1. The van der Waals surface area contributed by atoms with Gasteiger partial charge >= 0.3 is 0 Å². The molecule has 3 N–H and O–H groups in total. The zero-order chi connectivity index (χ0) is 18.2. The summed E-state index contributed by atoms with van der Waals surface area (Å²) < 4.78 is 10.5. The first kappa shape index (κ1) is 18.4. The van der Waals surface area contributed by atoms with Crippen molar-refractivity contribution in [3.8, 4) is 11.5 Å². The van der Waals surface area contributed by atoms with Crippen molar-refractivity contribution in [1.82, 2.24) is 10.2 Å². The van der Waals surface area contributed by atoms with Gasteiger partial charge in [-0.25, -0.2) is 0 Å². The highest BCUT2D eigenvalue weighted by Crippen LogP contribution is 2.28. The number of methoxy groups -OCH3 is 1. The zero-order valence-corrected chi connectivity index (χ0v) is 14.6. The second-order valence-electron chi connectivity index (χ2n) is 4.84. The van der Waals surface area contributed by atoms with Crippen molar-refractivity contribution in [3.05, 3.63) is 34.8 Å². The summed E-state index contributed by atoms with van der Waals surface area (Å²) >= 11 is 1.34. The predicted molar refractivity (Wildman–Crippen MR) is 94.6 cm³/mol. The molecule has 0 fully saturated rings. The van der Waals surface area contributed by atoms with Crippen molar-refractivity contribution in [2.75, 3.05) is 19.0 Å². The van der Waals surface area contributed by atoms with Crippen LogP contribution in [0.3, 0.4) is 0 Å². The topological polar surface area (TPSA) is 116 Å². The van der Waals surface area contributed by atoms with Gasteiger partial charge in [-0.2, -0.15) is 0 Å². The van der Waals surface area contributed by atoms with E-state index < -0.39 is 5.91 Å². The van der Waals surface area contributed by atoms with Crippen molar-refractivity contribution >= 4 is 34.4 Å². The van der Waals surface area contributed by atoms with Crippen LogP contribution in [0.1, 0.15) is 17.5 Å². The minimum atomic E-state index is -0.578. The van der Waals surface area contributed by atoms with Crippen molar-refractivity contribution < 1.29 is 19.1 Å². The van der Waals surface area contributed by atoms with Crippen LogP contribution in [0.4, 0.5) is 5.13 Å². The van der Waals surface area contributed by atoms with Gasteiger partial charge in [0.25, 0.3) is 5.91 Å². The molecule has 9 heteroatoms. The molecule has 0 saturated carbocycles. The van der Waals surface area contributed by atoms with E-state index in [0.717, 1.165) is 17.0 Å². The maximum atomic E-state index is 11.9. The van der Waals surface area contributed by atoms with Crippen LogP contribution in [-0.2, 0) is 16.0 Å². The Morgan fingerprint density at radius 2 is 2.12 bits per heavy atom. The summed E-state index contributed by atoms with van der Waals surface area (Å²) in [7, 11) is 1.48. The molecule has 0 spiro atoms. The van der Waals surface area contributed by atoms with E-state index in [9.17, 15) is 9.59 Å². The Bertz CT molecular complexity index is 788. The molecule has 1 heterocycles. The largest absolute Gasteiger partial charge is 0.493 e. The average Bonchev–Trinajstić information content (AvgIpc) is 3.05. The van der Waals surface area contributed by atoms with E-state index >= 15 is 0 Å². The smallest absolute Gasteiger partial charge is 0.255 e. The lowest BCUT2D eigenvalue weighted by atomic mass is 10.2. The maximum Gasteiger partial charge on any atom is 0.255 e. The van der Waals surface area contributed by atoms with Gasteiger partial charge in [-0.15, -0.1) is 10.2 Å². The number of benzene rings is 1. The molecule has 0 saturated heterocycles. The number of hydrogen-bond acceptors (Lipinski definition) is 7. The number of ether oxygens (including phenoxy) is 2. The lowest BCUT2D eigenvalue weighted by Gasteiger charge is -2.09. The van der Waals surface area contributed by atoms with Gasteiger partial charge in [0.15, 0.2) is 18.1 Å². The lowest BCUT2D eigenvalue weighted by molar-refractivity contribution is -0.120. The van der Waals surface area contributed by atoms with Crippen LogP contribution in [0, 0.1) is 0 Å². The van der Waals surface area contributed by atoms with E-state index in [1.165, 1.54) is 24.5 Å². The molecule has 0 aliphatic carbocycles. The molecule has 0 radical (unpaired) electrons. The molecule has 0 aliphatic heterocycles. The number of nitrogens with zero attached hydrogens (tertiary/aromatic N) is 2. The molecular weight excluding hydrogens is 344 g/mol. The van der Waals surface area contributed by atoms with Crippen molar-refractivity contribution in [2.45, 2.75) is 13.3 Å². The van der Waals surface area contributed by atoms with Crippen LogP contribution < -0.4 is 20.5 Å². The van der Waals surface area contributed by atoms with Gasteiger partial charge in [-0.3, -0.25) is 14.9 Å². The summed E-state index contributed by atoms with van der Waals surface area (Å²) in [5.74, 6) is -0.0678. The van der Waals surface area contributed by atoms with Gasteiger partial charge < -0.3 is 15.2 Å². The van der Waals surface area contributed by atoms with Crippen LogP contribution in [0.2, 0.25) is 0 Å². The Labute approximate surface area is 148 Å². The molecule has 0 bridgehead atoms. The highest BCUT2D eigenvalue weighted by Gasteiger charge is 2.07. The zero-order valence-electron chi connectivity index (χ0n) is 13.8. The SMILES string of the molecule is CCc1nnc(NC(=O)/C=C/c2ccc(OCC(N)=O)c(OC)c2)s1. The summed E-state index contributed by atoms with van der Waals surface area (Å²) in [6, 6.07) is 5.04. The normalized spacial score (nSPS) is 10.6. The van der Waals surface area contributed by atoms with E-state index in [1.807, 2.05) is 6.92 Å². The van der Waals surface area contributed by atoms with E-state index in [-0.39, 0.29) is 12.5 Å². The van der Waals surface area contributed by atoms with Crippen molar-refractivity contribution in [3.63, 3.8) is 0 Å². The minimum absolute atomic E-state index is 0.241. The second kappa shape index (κ2) is 8.78. The van der Waals surface area contributed by atoms with Crippen molar-refractivity contribution in [2.24, 2.45) is 5.73 Å². The molecule has 2 rings (SSSR count). The third-order valence-corrected chi connectivity index (χ3v) is 3.97. The molecule has 8 nitrogen and oxygen atoms in total. The fraction of sp³-hybridized carbons (Fsp3) is 0.250. The number of nitrogens with two attached hydrogens (primary N) is 1. The standard InChI is InChI=1S/C16H18N4O4S/c1-3-15-19-20-16(25-15)18-14(22)7-5-10-4-6-11(12(8-10)23-2)24-9-13(17)21/h4-8H,3,9H2,1-2H3,(H2,17,21)(H,18,20,22)/b7-5+. The molecular formula is C16H18N4O4S. The van der Waals surface area contributed by atoms with Gasteiger partial charge in [-0.05, 0) is 30.2 Å². The summed E-state index contributed by atoms with van der Waals surface area (Å²) in [5.41, 5.74) is 5.77. The number of hydrogen-bond donors (Lipinski definition) is 2. The maximum absolute atomic E-state index is 11.9. The Morgan fingerprint density at radius 1 is 1.32 bits per heavy atom. The Morgan fingerprint density at radius 3 is 2.76 bits per heavy atom. The van der Waals surface area contributed by atoms with Crippen molar-refractivity contribution in [1.29, 1.82) is 0 Å². The first-order valence-corrected chi connectivity index (χ1v) is 8.24. The van der Waals surface area contributed by atoms with E-state index in [2.05, 4.69) is 15.5 Å². The van der Waals surface area contributed by atoms with E-state index in [4.69, 9.17) is 15.2 Å². The second-order valence-corrected chi connectivity index (χ2v) is 5.90. The molecule has 0 atom stereocenters. The fourth-order valence-corrected chi connectivity index (χ4v) is 2.50. The number of amides is 2. The number of primary amides is 1. The van der Waals surface area contributed by atoms with Crippen LogP contribution in [0.15, 0.2) is 24.3 Å². The highest BCUT2D eigenvalue weighted by molar-refractivity contribution is 7.15. The lowest BCUT2D eigenvalue weighted by Crippen LogP contribution is -2.20. The third-order valence-electron chi connectivity index (χ3n) is 2.98. The van der Waals surface area contributed by atoms with Gasteiger partial charge in [0.05, 0.1) is 7.11 Å². The summed E-state index contributed by atoms with van der Waals surface area (Å²) in [6.07, 6.45) is 3.77. The molecule has 2 aromatic rings. The molecule has 25 heavy (non-hydrogen) atoms. The average molecular weight is 362 g/mol. The Kier molecular flexibility index (Phi) is 6.47. The number of anilines is 1. The molecule has 1 aromatic heterocycles. The third kappa shape index (κ3) is 5.57. The van der Waals surface area contributed by atoms with Gasteiger partial charge in [0.2, 0.25) is 11.0 Å². The fourth-order valence-electron chi connectivity index (χ4n) is 1.82. The number of rotatable bonds is 8. The summed E-state index contributed by atoms with van der Waals surface area (Å²) in [6.45, 7) is 1.73. The van der Waals surface area contributed by atoms with E-state index in [1.54, 1.807) is 24.3 Å². The summed E-state index contributed by atoms with van der Waals surface area (Å²) in [5, 5.41) is 11.8. The van der Waals surface area contributed by atoms with Crippen LogP contribution >= 0.6 is 11.3 Å². The van der Waals surface area contributed by atoms with Crippen LogP contribution in [0.25, 0.3) is 6.08 Å².